The second-order valence-electron chi connectivity index (χ2n) is 3.33. The summed E-state index contributed by atoms with van der Waals surface area (Å²) in [5, 5.41) is 0. The van der Waals surface area contributed by atoms with Crippen molar-refractivity contribution in [2.75, 3.05) is 0 Å². The summed E-state index contributed by atoms with van der Waals surface area (Å²) < 4.78 is 41.8. The molecule has 0 aliphatic carbocycles. The van der Waals surface area contributed by atoms with Crippen LogP contribution in [0.5, 0.6) is 0 Å². The highest BCUT2D eigenvalue weighted by atomic mass is 19.4. The fraction of sp³-hybridized carbons (Fsp3) is 0.667. The summed E-state index contributed by atoms with van der Waals surface area (Å²) in [6.07, 6.45) is -4.21. The van der Waals surface area contributed by atoms with E-state index in [1.54, 1.807) is 20.8 Å². The van der Waals surface area contributed by atoms with Crippen LogP contribution in [0.25, 0.3) is 0 Å². The van der Waals surface area contributed by atoms with Gasteiger partial charge < -0.3 is 4.42 Å². The number of hydrogen-bond acceptors (Lipinski definition) is 2. The Balaban J connectivity index is 3.16. The maximum absolute atomic E-state index is 12.4. The standard InChI is InChI=1S/C9H12F3NO/c1-4-6-7(9(10,11)12)14-8(13-6)5(2)3/h5H,4H2,1-3H3. The fourth-order valence-corrected chi connectivity index (χ4v) is 1.08. The molecule has 0 amide bonds. The monoisotopic (exact) mass is 207 g/mol. The molecule has 0 aliphatic rings. The van der Waals surface area contributed by atoms with Crippen LogP contribution in [0.1, 0.15) is 44.0 Å². The van der Waals surface area contributed by atoms with Crippen molar-refractivity contribution in [2.45, 2.75) is 39.3 Å². The third-order valence-electron chi connectivity index (χ3n) is 1.80. The fourth-order valence-electron chi connectivity index (χ4n) is 1.08. The van der Waals surface area contributed by atoms with E-state index >= 15 is 0 Å². The number of nitrogens with zero attached hydrogens (tertiary/aromatic N) is 1. The third-order valence-corrected chi connectivity index (χ3v) is 1.80. The SMILES string of the molecule is CCc1nc(C(C)C)oc1C(F)(F)F. The molecular formula is C9H12F3NO. The molecule has 5 heteroatoms. The van der Waals surface area contributed by atoms with Gasteiger partial charge in [-0.1, -0.05) is 20.8 Å². The molecule has 0 fully saturated rings. The molecule has 0 atom stereocenters. The second-order valence-corrected chi connectivity index (χ2v) is 3.33. The van der Waals surface area contributed by atoms with E-state index in [1.807, 2.05) is 0 Å². The molecule has 0 radical (unpaired) electrons. The zero-order chi connectivity index (χ0) is 10.9. The Bertz CT molecular complexity index is 314. The Kier molecular flexibility index (Phi) is 2.87. The minimum absolute atomic E-state index is 0.0128. The van der Waals surface area contributed by atoms with E-state index in [0.29, 0.717) is 0 Å². The second kappa shape index (κ2) is 3.63. The lowest BCUT2D eigenvalue weighted by Gasteiger charge is -2.02. The van der Waals surface area contributed by atoms with Gasteiger partial charge in [0.2, 0.25) is 5.76 Å². The number of rotatable bonds is 2. The van der Waals surface area contributed by atoms with Crippen molar-refractivity contribution in [2.24, 2.45) is 0 Å². The lowest BCUT2D eigenvalue weighted by atomic mass is 10.2. The van der Waals surface area contributed by atoms with Crippen LogP contribution in [-0.4, -0.2) is 4.98 Å². The summed E-state index contributed by atoms with van der Waals surface area (Å²) >= 11 is 0. The molecule has 1 aromatic heterocycles. The molecule has 1 rings (SSSR count). The molecule has 80 valence electrons. The molecule has 2 nitrogen and oxygen atoms in total. The minimum atomic E-state index is -4.44. The number of aromatic nitrogens is 1. The van der Waals surface area contributed by atoms with Crippen molar-refractivity contribution in [3.63, 3.8) is 0 Å². The first-order chi connectivity index (χ1) is 6.36. The molecule has 0 aliphatic heterocycles. The van der Waals surface area contributed by atoms with E-state index in [2.05, 4.69) is 4.98 Å². The van der Waals surface area contributed by atoms with Gasteiger partial charge in [-0.05, 0) is 6.42 Å². The lowest BCUT2D eigenvalue weighted by molar-refractivity contribution is -0.154. The normalized spacial score (nSPS) is 12.5. The van der Waals surface area contributed by atoms with Crippen LogP contribution >= 0.6 is 0 Å². The highest BCUT2D eigenvalue weighted by Crippen LogP contribution is 2.34. The molecule has 0 unspecified atom stereocenters. The van der Waals surface area contributed by atoms with Gasteiger partial charge in [0.05, 0.1) is 5.69 Å². The zero-order valence-corrected chi connectivity index (χ0v) is 8.27. The Morgan fingerprint density at radius 3 is 2.21 bits per heavy atom. The Labute approximate surface area is 80.1 Å². The van der Waals surface area contributed by atoms with Crippen LogP contribution in [-0.2, 0) is 12.6 Å². The third kappa shape index (κ3) is 2.08. The minimum Gasteiger partial charge on any atom is -0.436 e. The van der Waals surface area contributed by atoms with Crippen LogP contribution in [0.15, 0.2) is 4.42 Å². The van der Waals surface area contributed by atoms with Gasteiger partial charge >= 0.3 is 6.18 Å². The summed E-state index contributed by atoms with van der Waals surface area (Å²) in [7, 11) is 0. The van der Waals surface area contributed by atoms with Crippen LogP contribution in [0.3, 0.4) is 0 Å². The molecule has 0 aromatic carbocycles. The highest BCUT2D eigenvalue weighted by molar-refractivity contribution is 5.14. The van der Waals surface area contributed by atoms with Crippen molar-refractivity contribution < 1.29 is 17.6 Å². The van der Waals surface area contributed by atoms with E-state index in [-0.39, 0.29) is 23.9 Å². The van der Waals surface area contributed by atoms with Crippen LogP contribution in [0.4, 0.5) is 13.2 Å². The number of alkyl halides is 3. The molecule has 0 spiro atoms. The Morgan fingerprint density at radius 1 is 1.36 bits per heavy atom. The smallest absolute Gasteiger partial charge is 0.436 e. The maximum atomic E-state index is 12.4. The summed E-state index contributed by atoms with van der Waals surface area (Å²) in [4.78, 5) is 3.81. The molecule has 14 heavy (non-hydrogen) atoms. The number of hydrogen-bond donors (Lipinski definition) is 0. The van der Waals surface area contributed by atoms with Gasteiger partial charge in [-0.15, -0.1) is 0 Å². The molecule has 0 saturated carbocycles. The van der Waals surface area contributed by atoms with Crippen LogP contribution < -0.4 is 0 Å². The summed E-state index contributed by atoms with van der Waals surface area (Å²) in [5.74, 6) is -0.936. The van der Waals surface area contributed by atoms with Gasteiger partial charge in [-0.2, -0.15) is 13.2 Å². The number of oxazole rings is 1. The topological polar surface area (TPSA) is 26.0 Å². The van der Waals surface area contributed by atoms with Gasteiger partial charge in [-0.25, -0.2) is 4.98 Å². The van der Waals surface area contributed by atoms with Crippen molar-refractivity contribution >= 4 is 0 Å². The Hall–Kier alpha value is -1.00. The van der Waals surface area contributed by atoms with Crippen molar-refractivity contribution in [3.05, 3.63) is 17.3 Å². The van der Waals surface area contributed by atoms with Gasteiger partial charge in [0.15, 0.2) is 5.89 Å². The average molecular weight is 207 g/mol. The molecule has 0 bridgehead atoms. The van der Waals surface area contributed by atoms with Crippen molar-refractivity contribution in [1.82, 2.24) is 4.98 Å². The first-order valence-electron chi connectivity index (χ1n) is 4.43. The summed E-state index contributed by atoms with van der Waals surface area (Å²) in [6, 6.07) is 0. The van der Waals surface area contributed by atoms with Crippen LogP contribution in [0.2, 0.25) is 0 Å². The first kappa shape index (κ1) is 11.1. The molecule has 0 saturated heterocycles. The maximum Gasteiger partial charge on any atom is 0.451 e. The van der Waals surface area contributed by atoms with Crippen molar-refractivity contribution in [3.8, 4) is 0 Å². The van der Waals surface area contributed by atoms with E-state index in [4.69, 9.17) is 4.42 Å². The van der Waals surface area contributed by atoms with E-state index < -0.39 is 11.9 Å². The van der Waals surface area contributed by atoms with E-state index in [1.165, 1.54) is 0 Å². The van der Waals surface area contributed by atoms with Gasteiger partial charge in [-0.3, -0.25) is 0 Å². The average Bonchev–Trinajstić information content (AvgIpc) is 2.46. The Morgan fingerprint density at radius 2 is 1.93 bits per heavy atom. The summed E-state index contributed by atoms with van der Waals surface area (Å²) in [6.45, 7) is 5.11. The molecule has 0 N–H and O–H groups in total. The van der Waals surface area contributed by atoms with Crippen molar-refractivity contribution in [1.29, 1.82) is 0 Å². The quantitative estimate of drug-likeness (QED) is 0.743. The van der Waals surface area contributed by atoms with Gasteiger partial charge in [0.1, 0.15) is 0 Å². The van der Waals surface area contributed by atoms with E-state index in [9.17, 15) is 13.2 Å². The molecule has 1 heterocycles. The molecular weight excluding hydrogens is 195 g/mol. The predicted molar refractivity (Wildman–Crippen MR) is 45.0 cm³/mol. The van der Waals surface area contributed by atoms with Crippen LogP contribution in [0, 0.1) is 0 Å². The summed E-state index contributed by atoms with van der Waals surface area (Å²) in [5.41, 5.74) is -0.0128. The lowest BCUT2D eigenvalue weighted by Crippen LogP contribution is -2.06. The predicted octanol–water partition coefficient (Wildman–Crippen LogP) is 3.38. The highest BCUT2D eigenvalue weighted by Gasteiger charge is 2.39. The zero-order valence-electron chi connectivity index (χ0n) is 8.27. The van der Waals surface area contributed by atoms with Gasteiger partial charge in [0.25, 0.3) is 0 Å². The number of halogens is 3. The van der Waals surface area contributed by atoms with Gasteiger partial charge in [0, 0.05) is 5.92 Å². The first-order valence-corrected chi connectivity index (χ1v) is 4.43. The van der Waals surface area contributed by atoms with E-state index in [0.717, 1.165) is 0 Å². The largest absolute Gasteiger partial charge is 0.451 e. The molecule has 1 aromatic rings. The number of aryl methyl sites for hydroxylation is 1.